The molecule has 1 heterocycles. The lowest BCUT2D eigenvalue weighted by atomic mass is 9.79. The molecule has 0 amide bonds. The van der Waals surface area contributed by atoms with Gasteiger partial charge >= 0.3 is 0 Å². The maximum Gasteiger partial charge on any atom is 0.164 e. The van der Waals surface area contributed by atoms with Crippen LogP contribution in [0.3, 0.4) is 0 Å². The van der Waals surface area contributed by atoms with E-state index >= 15 is 0 Å². The zero-order valence-electron chi connectivity index (χ0n) is 15.8. The maximum atomic E-state index is 10.0. The van der Waals surface area contributed by atoms with Crippen LogP contribution in [0.5, 0.6) is 17.2 Å². The summed E-state index contributed by atoms with van der Waals surface area (Å²) in [6.07, 6.45) is 0. The fourth-order valence-corrected chi connectivity index (χ4v) is 3.41. The lowest BCUT2D eigenvalue weighted by Crippen LogP contribution is -2.49. The smallest absolute Gasteiger partial charge is 0.164 e. The second-order valence-electron chi connectivity index (χ2n) is 6.78. The molecule has 25 heavy (non-hydrogen) atoms. The molecule has 0 bridgehead atoms. The van der Waals surface area contributed by atoms with Crippen LogP contribution in [0.1, 0.15) is 25.5 Å². The average Bonchev–Trinajstić information content (AvgIpc) is 2.62. The van der Waals surface area contributed by atoms with Gasteiger partial charge in [-0.2, -0.15) is 0 Å². The first kappa shape index (κ1) is 21.8. The van der Waals surface area contributed by atoms with E-state index in [-0.39, 0.29) is 30.5 Å². The Labute approximate surface area is 156 Å². The van der Waals surface area contributed by atoms with Gasteiger partial charge in [-0.05, 0) is 6.07 Å². The zero-order valence-corrected chi connectivity index (χ0v) is 16.6. The van der Waals surface area contributed by atoms with E-state index in [0.717, 1.165) is 37.5 Å². The number of hydrogen-bond acceptors (Lipinski definition) is 6. The van der Waals surface area contributed by atoms with Crippen molar-refractivity contribution in [2.75, 3.05) is 54.1 Å². The van der Waals surface area contributed by atoms with E-state index < -0.39 is 0 Å². The van der Waals surface area contributed by atoms with Crippen LogP contribution in [0.15, 0.2) is 12.1 Å². The molecule has 1 aliphatic rings. The largest absolute Gasteiger partial charge is 0.496 e. The molecular weight excluding hydrogens is 344 g/mol. The minimum absolute atomic E-state index is 0. The first-order chi connectivity index (χ1) is 11.5. The van der Waals surface area contributed by atoms with Crippen molar-refractivity contribution in [1.29, 1.82) is 0 Å². The van der Waals surface area contributed by atoms with E-state index in [1.165, 1.54) is 0 Å². The van der Waals surface area contributed by atoms with Crippen LogP contribution in [0, 0.1) is 5.41 Å². The Morgan fingerprint density at radius 2 is 1.56 bits per heavy atom. The summed E-state index contributed by atoms with van der Waals surface area (Å²) in [5.41, 5.74) is 0.681. The molecule has 0 aliphatic carbocycles. The Morgan fingerprint density at radius 3 is 2.04 bits per heavy atom. The van der Waals surface area contributed by atoms with Crippen molar-refractivity contribution < 1.29 is 19.3 Å². The van der Waals surface area contributed by atoms with E-state index in [1.807, 2.05) is 12.1 Å². The van der Waals surface area contributed by atoms with E-state index in [2.05, 4.69) is 24.1 Å². The first-order valence-corrected chi connectivity index (χ1v) is 8.34. The molecule has 0 aromatic heterocycles. The number of methoxy groups -OCH3 is 3. The molecular formula is C18H31ClN2O4. The van der Waals surface area contributed by atoms with Crippen LogP contribution in [-0.4, -0.2) is 64.1 Å². The highest BCUT2D eigenvalue weighted by Gasteiger charge is 2.38. The summed E-state index contributed by atoms with van der Waals surface area (Å²) in [5.74, 6) is 2.05. The van der Waals surface area contributed by atoms with Gasteiger partial charge in [-0.3, -0.25) is 4.90 Å². The van der Waals surface area contributed by atoms with Gasteiger partial charge in [0, 0.05) is 55.9 Å². The number of hydrogen-bond donors (Lipinski definition) is 2. The van der Waals surface area contributed by atoms with Crippen molar-refractivity contribution in [1.82, 2.24) is 10.2 Å². The molecule has 1 aliphatic heterocycles. The van der Waals surface area contributed by atoms with Crippen molar-refractivity contribution in [3.05, 3.63) is 17.7 Å². The standard InChI is InChI=1S/C18H30N2O4.ClH/c1-18(2,12-21)17(20-8-6-19-7-9-20)13-10-15(23-4)16(24-5)11-14(13)22-3;/h10-11,17,19,21H,6-9,12H2,1-5H3;1H/t17-;/m0./s1. The van der Waals surface area contributed by atoms with Gasteiger partial charge in [0.2, 0.25) is 0 Å². The highest BCUT2D eigenvalue weighted by molar-refractivity contribution is 5.85. The average molecular weight is 375 g/mol. The normalized spacial score (nSPS) is 16.7. The van der Waals surface area contributed by atoms with Crippen molar-refractivity contribution in [2.24, 2.45) is 5.41 Å². The van der Waals surface area contributed by atoms with E-state index in [0.29, 0.717) is 11.5 Å². The van der Waals surface area contributed by atoms with Crippen LogP contribution in [-0.2, 0) is 0 Å². The summed E-state index contributed by atoms with van der Waals surface area (Å²) in [6.45, 7) is 7.96. The quantitative estimate of drug-likeness (QED) is 0.762. The highest BCUT2D eigenvalue weighted by atomic mass is 35.5. The Hall–Kier alpha value is -1.21. The molecule has 6 nitrogen and oxygen atoms in total. The molecule has 1 atom stereocenters. The SMILES string of the molecule is COc1cc(OC)c([C@H](N2CCNCC2)C(C)(C)CO)cc1OC.Cl. The maximum absolute atomic E-state index is 10.0. The van der Waals surface area contributed by atoms with Crippen LogP contribution in [0.4, 0.5) is 0 Å². The number of ether oxygens (including phenoxy) is 3. The third-order valence-corrected chi connectivity index (χ3v) is 4.69. The van der Waals surface area contributed by atoms with E-state index in [9.17, 15) is 5.11 Å². The Kier molecular flexibility index (Phi) is 8.28. The highest BCUT2D eigenvalue weighted by Crippen LogP contribution is 2.46. The number of aliphatic hydroxyl groups is 1. The van der Waals surface area contributed by atoms with Gasteiger partial charge in [-0.25, -0.2) is 0 Å². The van der Waals surface area contributed by atoms with E-state index in [4.69, 9.17) is 14.2 Å². The molecule has 2 N–H and O–H groups in total. The third-order valence-electron chi connectivity index (χ3n) is 4.69. The fourth-order valence-electron chi connectivity index (χ4n) is 3.41. The van der Waals surface area contributed by atoms with Crippen LogP contribution < -0.4 is 19.5 Å². The molecule has 2 rings (SSSR count). The number of piperazine rings is 1. The Bertz CT molecular complexity index is 548. The molecule has 1 aromatic rings. The van der Waals surface area contributed by atoms with Gasteiger partial charge in [0.05, 0.1) is 21.3 Å². The van der Waals surface area contributed by atoms with Crippen LogP contribution in [0.2, 0.25) is 0 Å². The molecule has 1 fully saturated rings. The predicted molar refractivity (Wildman–Crippen MR) is 101 cm³/mol. The van der Waals surface area contributed by atoms with E-state index in [1.54, 1.807) is 21.3 Å². The first-order valence-electron chi connectivity index (χ1n) is 8.34. The van der Waals surface area contributed by atoms with Gasteiger partial charge in [-0.15, -0.1) is 12.4 Å². The van der Waals surface area contributed by atoms with Crippen molar-refractivity contribution in [2.45, 2.75) is 19.9 Å². The number of nitrogens with zero attached hydrogens (tertiary/aromatic N) is 1. The summed E-state index contributed by atoms with van der Waals surface area (Å²) in [7, 11) is 4.90. The number of aliphatic hydroxyl groups excluding tert-OH is 1. The second kappa shape index (κ2) is 9.48. The molecule has 0 saturated carbocycles. The summed E-state index contributed by atoms with van der Waals surface area (Å²) < 4.78 is 16.5. The lowest BCUT2D eigenvalue weighted by Gasteiger charge is -2.44. The topological polar surface area (TPSA) is 63.2 Å². The van der Waals surface area contributed by atoms with Gasteiger partial charge in [0.15, 0.2) is 11.5 Å². The predicted octanol–water partition coefficient (Wildman–Crippen LogP) is 2.10. The Balaban J connectivity index is 0.00000312. The molecule has 1 aromatic carbocycles. The minimum atomic E-state index is -0.329. The summed E-state index contributed by atoms with van der Waals surface area (Å²) in [6, 6.07) is 3.85. The minimum Gasteiger partial charge on any atom is -0.496 e. The monoisotopic (exact) mass is 374 g/mol. The molecule has 144 valence electrons. The number of benzene rings is 1. The van der Waals surface area contributed by atoms with Crippen molar-refractivity contribution >= 4 is 12.4 Å². The lowest BCUT2D eigenvalue weighted by molar-refractivity contribution is 0.0291. The fraction of sp³-hybridized carbons (Fsp3) is 0.667. The second-order valence-corrected chi connectivity index (χ2v) is 6.78. The number of nitrogens with one attached hydrogen (secondary N) is 1. The molecule has 0 unspecified atom stereocenters. The molecule has 7 heteroatoms. The third kappa shape index (κ3) is 4.70. The van der Waals surface area contributed by atoms with Crippen molar-refractivity contribution in [3.8, 4) is 17.2 Å². The van der Waals surface area contributed by atoms with Gasteiger partial charge in [0.1, 0.15) is 5.75 Å². The van der Waals surface area contributed by atoms with Gasteiger partial charge < -0.3 is 24.6 Å². The van der Waals surface area contributed by atoms with Gasteiger partial charge in [-0.1, -0.05) is 13.8 Å². The Morgan fingerprint density at radius 1 is 1.04 bits per heavy atom. The molecule has 1 saturated heterocycles. The summed E-state index contributed by atoms with van der Waals surface area (Å²) in [5, 5.41) is 13.4. The van der Waals surface area contributed by atoms with Crippen molar-refractivity contribution in [3.63, 3.8) is 0 Å². The summed E-state index contributed by atoms with van der Waals surface area (Å²) >= 11 is 0. The van der Waals surface area contributed by atoms with Gasteiger partial charge in [0.25, 0.3) is 0 Å². The number of rotatable bonds is 7. The van der Waals surface area contributed by atoms with Crippen LogP contribution in [0.25, 0.3) is 0 Å². The zero-order chi connectivity index (χ0) is 17.7. The molecule has 0 radical (unpaired) electrons. The number of halogens is 1. The molecule has 0 spiro atoms. The summed E-state index contributed by atoms with van der Waals surface area (Å²) in [4.78, 5) is 2.40. The van der Waals surface area contributed by atoms with Crippen LogP contribution >= 0.6 is 12.4 Å².